The first-order valence-electron chi connectivity index (χ1n) is 14.1. The van der Waals surface area contributed by atoms with E-state index in [1.807, 2.05) is 5.32 Å². The number of alkyl halides is 5. The smallest absolute Gasteiger partial charge is 0.419 e. The maximum Gasteiger partial charge on any atom is 0.419 e. The second-order valence-corrected chi connectivity index (χ2v) is 11.9. The van der Waals surface area contributed by atoms with Gasteiger partial charge in [0.05, 0.1) is 37.5 Å². The predicted octanol–water partition coefficient (Wildman–Crippen LogP) is 5.49. The number of methoxy groups -OCH3 is 2. The lowest BCUT2D eigenvalue weighted by atomic mass is 10.1. The summed E-state index contributed by atoms with van der Waals surface area (Å²) in [6.07, 6.45) is -4.14. The fourth-order valence-electron chi connectivity index (χ4n) is 3.81. The maximum atomic E-state index is 14.3. The number of sulfonamides is 1. The van der Waals surface area contributed by atoms with E-state index in [0.717, 1.165) is 29.1 Å². The lowest BCUT2D eigenvalue weighted by Crippen LogP contribution is -2.36. The summed E-state index contributed by atoms with van der Waals surface area (Å²) in [6.45, 7) is -1.78. The van der Waals surface area contributed by atoms with Crippen LogP contribution in [0, 0.1) is 5.82 Å². The van der Waals surface area contributed by atoms with Crippen molar-refractivity contribution in [2.75, 3.05) is 32.8 Å². The minimum Gasteiger partial charge on any atom is -0.481 e. The van der Waals surface area contributed by atoms with E-state index >= 15 is 0 Å². The number of esters is 1. The Bertz CT molecular complexity index is 2040. The highest BCUT2D eigenvalue weighted by atomic mass is 35.5. The van der Waals surface area contributed by atoms with Crippen LogP contribution in [0.4, 0.5) is 37.1 Å². The van der Waals surface area contributed by atoms with Gasteiger partial charge in [-0.25, -0.2) is 28.4 Å². The molecule has 0 radical (unpaired) electrons. The molecule has 0 atom stereocenters. The number of amides is 2. The first-order valence-corrected chi connectivity index (χ1v) is 16.3. The van der Waals surface area contributed by atoms with E-state index in [0.29, 0.717) is 6.07 Å². The van der Waals surface area contributed by atoms with Gasteiger partial charge in [0, 0.05) is 18.8 Å². The highest BCUT2D eigenvalue weighted by Gasteiger charge is 2.38. The standard InChI is InChI=1S/C15H13Cl2F3N2O4.C13H12F3N5O5S/c1-3-24-11(23)6-25-10-4-7(9(18)5-8(10)16)13-12(17)14(22(2)21-13)26-15(19)20;1-25-8-6-9(26-2)19-11(18-8)20-12(22)21-27(23,24)10-7(13(14,15)16)4-3-5-17-10/h4-5,15H,3,6H2,1-2H3;3-6H,1-2H3,(H2,18,19,20,21,22). The number of benzene rings is 1. The number of ether oxygens (including phenoxy) is 5. The molecule has 0 fully saturated rings. The summed E-state index contributed by atoms with van der Waals surface area (Å²) in [5.41, 5.74) is -1.84. The number of aromatic nitrogens is 5. The Morgan fingerprint density at radius 2 is 1.70 bits per heavy atom. The zero-order valence-corrected chi connectivity index (χ0v) is 29.6. The molecule has 4 aromatic rings. The lowest BCUT2D eigenvalue weighted by Gasteiger charge is -2.13. The number of halogens is 8. The van der Waals surface area contributed by atoms with Crippen LogP contribution in [-0.2, 0) is 32.8 Å². The lowest BCUT2D eigenvalue weighted by molar-refractivity contribution is -0.145. The second kappa shape index (κ2) is 18.0. The van der Waals surface area contributed by atoms with Crippen LogP contribution in [0.3, 0.4) is 0 Å². The molecule has 0 unspecified atom stereocenters. The number of hydrogen-bond donors (Lipinski definition) is 2. The maximum absolute atomic E-state index is 14.3. The normalized spacial score (nSPS) is 11.3. The van der Waals surface area contributed by atoms with Gasteiger partial charge in [-0.15, -0.1) is 0 Å². The van der Waals surface area contributed by atoms with Crippen LogP contribution < -0.4 is 29.0 Å². The van der Waals surface area contributed by atoms with Gasteiger partial charge in [-0.3, -0.25) is 5.32 Å². The summed E-state index contributed by atoms with van der Waals surface area (Å²) in [5, 5.41) is 4.07. The molecule has 0 aliphatic heterocycles. The van der Waals surface area contributed by atoms with Gasteiger partial charge >= 0.3 is 24.8 Å². The fraction of sp³-hybridized carbons (Fsp3) is 0.286. The molecule has 16 nitrogen and oxygen atoms in total. The number of carbonyl (C=O) groups excluding carboxylic acids is 2. The Hall–Kier alpha value is -5.29. The Morgan fingerprint density at radius 3 is 2.26 bits per heavy atom. The molecule has 0 bridgehead atoms. The minimum absolute atomic E-state index is 0.0101. The summed E-state index contributed by atoms with van der Waals surface area (Å²) >= 11 is 11.9. The van der Waals surface area contributed by atoms with Gasteiger partial charge in [0.1, 0.15) is 22.3 Å². The van der Waals surface area contributed by atoms with Gasteiger partial charge in [-0.1, -0.05) is 23.2 Å². The SMILES string of the molecule is CCOC(=O)COc1cc(-c2nn(C)c(OC(F)F)c2Cl)c(F)cc1Cl.COc1cc(OC)nc(NC(=O)NS(=O)(=O)c2ncccc2C(F)(F)F)n1. The highest BCUT2D eigenvalue weighted by molar-refractivity contribution is 7.90. The highest BCUT2D eigenvalue weighted by Crippen LogP contribution is 2.40. The third-order valence-electron chi connectivity index (χ3n) is 5.95. The molecule has 288 valence electrons. The van der Waals surface area contributed by atoms with Crippen LogP contribution in [0.15, 0.2) is 41.6 Å². The first-order chi connectivity index (χ1) is 24.8. The minimum atomic E-state index is -4.99. The number of carbonyl (C=O) groups is 2. The zero-order chi connectivity index (χ0) is 39.7. The van der Waals surface area contributed by atoms with E-state index in [9.17, 15) is 44.3 Å². The number of nitrogens with one attached hydrogen (secondary N) is 2. The van der Waals surface area contributed by atoms with Crippen molar-refractivity contribution in [1.29, 1.82) is 0 Å². The molecule has 0 spiro atoms. The molecule has 1 aromatic carbocycles. The van der Waals surface area contributed by atoms with Gasteiger partial charge < -0.3 is 23.7 Å². The Morgan fingerprint density at radius 1 is 1.06 bits per heavy atom. The van der Waals surface area contributed by atoms with Crippen LogP contribution in [0.25, 0.3) is 11.3 Å². The number of nitrogens with zero attached hydrogens (tertiary/aromatic N) is 5. The number of pyridine rings is 1. The summed E-state index contributed by atoms with van der Waals surface area (Å²) in [7, 11) is -1.08. The molecule has 2 amide bonds. The van der Waals surface area contributed by atoms with E-state index in [2.05, 4.69) is 24.8 Å². The van der Waals surface area contributed by atoms with Gasteiger partial charge in [0.25, 0.3) is 10.0 Å². The average Bonchev–Trinajstić information content (AvgIpc) is 3.35. The van der Waals surface area contributed by atoms with Gasteiger partial charge in [-0.2, -0.15) is 45.4 Å². The van der Waals surface area contributed by atoms with Crippen molar-refractivity contribution < 1.29 is 68.0 Å². The van der Waals surface area contributed by atoms with Gasteiger partial charge in [0.15, 0.2) is 11.6 Å². The molecule has 0 saturated carbocycles. The van der Waals surface area contributed by atoms with Crippen molar-refractivity contribution in [1.82, 2.24) is 29.5 Å². The molecular formula is C28H25Cl2F6N7O9S. The molecule has 0 saturated heterocycles. The second-order valence-electron chi connectivity index (χ2n) is 9.52. The number of hydrogen-bond acceptors (Lipinski definition) is 13. The largest absolute Gasteiger partial charge is 0.481 e. The Kier molecular flexibility index (Phi) is 14.3. The monoisotopic (exact) mass is 819 g/mol. The van der Waals surface area contributed by atoms with Crippen molar-refractivity contribution in [3.63, 3.8) is 0 Å². The third-order valence-corrected chi connectivity index (χ3v) is 7.87. The molecule has 0 aliphatic rings. The molecule has 53 heavy (non-hydrogen) atoms. The summed E-state index contributed by atoms with van der Waals surface area (Å²) < 4.78 is 129. The molecule has 3 aromatic heterocycles. The summed E-state index contributed by atoms with van der Waals surface area (Å²) in [6, 6.07) is 3.38. The van der Waals surface area contributed by atoms with E-state index in [1.54, 1.807) is 6.92 Å². The van der Waals surface area contributed by atoms with E-state index in [4.69, 9.17) is 42.1 Å². The van der Waals surface area contributed by atoms with Crippen LogP contribution in [-0.4, -0.2) is 79.2 Å². The van der Waals surface area contributed by atoms with Crippen LogP contribution in [0.5, 0.6) is 23.4 Å². The molecule has 3 heterocycles. The Balaban J connectivity index is 0.000000286. The van der Waals surface area contributed by atoms with Crippen molar-refractivity contribution in [2.45, 2.75) is 24.7 Å². The predicted molar refractivity (Wildman–Crippen MR) is 171 cm³/mol. The van der Waals surface area contributed by atoms with Gasteiger partial charge in [-0.05, 0) is 31.2 Å². The molecule has 0 aliphatic carbocycles. The zero-order valence-electron chi connectivity index (χ0n) is 27.3. The fourth-order valence-corrected chi connectivity index (χ4v) is 5.39. The average molecular weight is 821 g/mol. The van der Waals surface area contributed by atoms with Crippen molar-refractivity contribution in [3.05, 3.63) is 58.0 Å². The van der Waals surface area contributed by atoms with E-state index in [-0.39, 0.29) is 45.4 Å². The molecular weight excluding hydrogens is 795 g/mol. The molecule has 2 N–H and O–H groups in total. The van der Waals surface area contributed by atoms with Crippen molar-refractivity contribution in [2.24, 2.45) is 7.05 Å². The number of rotatable bonds is 12. The van der Waals surface area contributed by atoms with Crippen LogP contribution >= 0.6 is 23.2 Å². The topological polar surface area (TPSA) is 195 Å². The van der Waals surface area contributed by atoms with Crippen LogP contribution in [0.2, 0.25) is 10.0 Å². The quantitative estimate of drug-likeness (QED) is 0.135. The molecule has 25 heteroatoms. The van der Waals surface area contributed by atoms with Crippen molar-refractivity contribution >= 4 is 51.2 Å². The van der Waals surface area contributed by atoms with E-state index < -0.39 is 69.7 Å². The first kappa shape index (κ1) is 42.1. The summed E-state index contributed by atoms with van der Waals surface area (Å²) in [4.78, 5) is 33.9. The van der Waals surface area contributed by atoms with Gasteiger partial charge in [0.2, 0.25) is 23.6 Å². The number of aryl methyl sites for hydroxylation is 1. The van der Waals surface area contributed by atoms with Crippen molar-refractivity contribution in [3.8, 4) is 34.6 Å². The number of urea groups is 1. The summed E-state index contributed by atoms with van der Waals surface area (Å²) in [5.74, 6) is -2.35. The molecule has 4 rings (SSSR count). The van der Waals surface area contributed by atoms with E-state index in [1.165, 1.54) is 32.1 Å². The van der Waals surface area contributed by atoms with Crippen LogP contribution in [0.1, 0.15) is 12.5 Å². The Labute approximate surface area is 305 Å². The number of anilines is 1. The third kappa shape index (κ3) is 11.3.